The Bertz CT molecular complexity index is 752. The molecule has 1 amide bonds. The minimum Gasteiger partial charge on any atom is -0.396 e. The molecule has 1 aromatic heterocycles. The van der Waals surface area contributed by atoms with Crippen LogP contribution in [0.25, 0.3) is 0 Å². The third-order valence-corrected chi connectivity index (χ3v) is 8.30. The monoisotopic (exact) mass is 421 g/mol. The first-order chi connectivity index (χ1) is 13.8. The van der Waals surface area contributed by atoms with E-state index in [4.69, 9.17) is 4.98 Å². The highest BCUT2D eigenvalue weighted by molar-refractivity contribution is 7.15. The normalized spacial score (nSPS) is 33.5. The quantitative estimate of drug-likeness (QED) is 0.484. The number of aromatic nitrogens is 1. The molecule has 0 spiro atoms. The van der Waals surface area contributed by atoms with Crippen LogP contribution in [0.1, 0.15) is 62.9 Å². The molecule has 3 rings (SSSR count). The van der Waals surface area contributed by atoms with Crippen molar-refractivity contribution in [3.05, 3.63) is 23.2 Å². The molecule has 2 aliphatic carbocycles. The van der Waals surface area contributed by atoms with Crippen LogP contribution >= 0.6 is 11.3 Å². The van der Waals surface area contributed by atoms with Crippen LogP contribution in [0.15, 0.2) is 12.7 Å². The van der Waals surface area contributed by atoms with Gasteiger partial charge in [0, 0.05) is 35.7 Å². The SMILES string of the molecule is C=CCNc1nc2c(s1)C[C@H]1[C@](C)(CO)[C@H](O)CC[C@@]1(C)[C@H]2CC(=O)NCCC. The van der Waals surface area contributed by atoms with Gasteiger partial charge in [0.05, 0.1) is 18.4 Å². The van der Waals surface area contributed by atoms with Crippen molar-refractivity contribution in [3.8, 4) is 0 Å². The molecule has 1 heterocycles. The van der Waals surface area contributed by atoms with Gasteiger partial charge in [-0.15, -0.1) is 17.9 Å². The van der Waals surface area contributed by atoms with Crippen molar-refractivity contribution in [1.29, 1.82) is 0 Å². The van der Waals surface area contributed by atoms with Gasteiger partial charge in [-0.1, -0.05) is 26.8 Å². The lowest BCUT2D eigenvalue weighted by molar-refractivity contribution is -0.144. The molecule has 162 valence electrons. The van der Waals surface area contributed by atoms with E-state index in [0.29, 0.717) is 25.9 Å². The molecule has 0 aromatic carbocycles. The number of aliphatic hydroxyl groups is 2. The van der Waals surface area contributed by atoms with E-state index in [1.807, 2.05) is 13.8 Å². The first-order valence-electron chi connectivity index (χ1n) is 10.7. The summed E-state index contributed by atoms with van der Waals surface area (Å²) in [6, 6.07) is 0. The number of amides is 1. The fourth-order valence-electron chi connectivity index (χ4n) is 5.40. The van der Waals surface area contributed by atoms with Crippen LogP contribution in [-0.2, 0) is 11.2 Å². The molecule has 0 bridgehead atoms. The number of nitrogens with zero attached hydrogens (tertiary/aromatic N) is 1. The number of rotatable bonds is 8. The second-order valence-electron chi connectivity index (χ2n) is 9.08. The molecule has 0 saturated heterocycles. The highest BCUT2D eigenvalue weighted by Gasteiger charge is 2.59. The lowest BCUT2D eigenvalue weighted by Gasteiger charge is -2.58. The van der Waals surface area contributed by atoms with Gasteiger partial charge in [0.25, 0.3) is 0 Å². The van der Waals surface area contributed by atoms with Gasteiger partial charge in [0.2, 0.25) is 5.91 Å². The van der Waals surface area contributed by atoms with Crippen LogP contribution in [-0.4, -0.2) is 46.9 Å². The van der Waals surface area contributed by atoms with Gasteiger partial charge >= 0.3 is 0 Å². The summed E-state index contributed by atoms with van der Waals surface area (Å²) in [5, 5.41) is 28.2. The first-order valence-corrected chi connectivity index (χ1v) is 11.5. The van der Waals surface area contributed by atoms with Crippen LogP contribution in [0.3, 0.4) is 0 Å². The summed E-state index contributed by atoms with van der Waals surface area (Å²) in [6.45, 7) is 11.3. The van der Waals surface area contributed by atoms with Crippen molar-refractivity contribution in [3.63, 3.8) is 0 Å². The zero-order valence-corrected chi connectivity index (χ0v) is 18.6. The molecule has 7 heteroatoms. The van der Waals surface area contributed by atoms with E-state index >= 15 is 0 Å². The van der Waals surface area contributed by atoms with Crippen LogP contribution in [0.4, 0.5) is 5.13 Å². The summed E-state index contributed by atoms with van der Waals surface area (Å²) >= 11 is 1.63. The number of hydrogen-bond donors (Lipinski definition) is 4. The van der Waals surface area contributed by atoms with Gasteiger partial charge in [-0.05, 0) is 37.0 Å². The highest BCUT2D eigenvalue weighted by atomic mass is 32.1. The van der Waals surface area contributed by atoms with Crippen molar-refractivity contribution >= 4 is 22.4 Å². The maximum Gasteiger partial charge on any atom is 0.220 e. The number of nitrogens with one attached hydrogen (secondary N) is 2. The largest absolute Gasteiger partial charge is 0.396 e. The summed E-state index contributed by atoms with van der Waals surface area (Å²) in [7, 11) is 0. The number of thiazole rings is 1. The minimum atomic E-state index is -0.582. The molecule has 0 aliphatic heterocycles. The Morgan fingerprint density at radius 2 is 2.21 bits per heavy atom. The van der Waals surface area contributed by atoms with Crippen molar-refractivity contribution in [2.45, 2.75) is 64.9 Å². The minimum absolute atomic E-state index is 0.0259. The lowest BCUT2D eigenvalue weighted by Crippen LogP contribution is -2.57. The zero-order chi connectivity index (χ0) is 21.2. The molecule has 1 aromatic rings. The number of hydrogen-bond acceptors (Lipinski definition) is 6. The lowest BCUT2D eigenvalue weighted by atomic mass is 9.47. The molecule has 1 fully saturated rings. The first kappa shape index (κ1) is 22.2. The predicted octanol–water partition coefficient (Wildman–Crippen LogP) is 3.07. The van der Waals surface area contributed by atoms with Crippen LogP contribution in [0.5, 0.6) is 0 Å². The Morgan fingerprint density at radius 3 is 2.86 bits per heavy atom. The van der Waals surface area contributed by atoms with Gasteiger partial charge in [-0.2, -0.15) is 0 Å². The number of fused-ring (bicyclic) bond motifs is 2. The van der Waals surface area contributed by atoms with E-state index in [0.717, 1.165) is 30.1 Å². The average molecular weight is 422 g/mol. The molecule has 6 nitrogen and oxygen atoms in total. The summed E-state index contributed by atoms with van der Waals surface area (Å²) in [4.78, 5) is 18.8. The molecule has 5 atom stereocenters. The fraction of sp³-hybridized carbons (Fsp3) is 0.727. The Kier molecular flexibility index (Phi) is 6.70. The second-order valence-corrected chi connectivity index (χ2v) is 10.2. The van der Waals surface area contributed by atoms with Crippen molar-refractivity contribution in [2.24, 2.45) is 16.7 Å². The third-order valence-electron chi connectivity index (χ3n) is 7.25. The van der Waals surface area contributed by atoms with E-state index < -0.39 is 11.5 Å². The van der Waals surface area contributed by atoms with Gasteiger partial charge in [-0.25, -0.2) is 4.98 Å². The molecular formula is C22H35N3O3S. The van der Waals surface area contributed by atoms with E-state index in [1.165, 1.54) is 4.88 Å². The summed E-state index contributed by atoms with van der Waals surface area (Å²) in [5.74, 6) is 0.116. The maximum atomic E-state index is 12.7. The predicted molar refractivity (Wildman–Crippen MR) is 117 cm³/mol. The molecule has 4 N–H and O–H groups in total. The van der Waals surface area contributed by atoms with E-state index in [2.05, 4.69) is 24.1 Å². The highest BCUT2D eigenvalue weighted by Crippen LogP contribution is 2.62. The molecule has 29 heavy (non-hydrogen) atoms. The van der Waals surface area contributed by atoms with Gasteiger partial charge in [0.15, 0.2) is 5.13 Å². The Labute approximate surface area is 177 Å². The van der Waals surface area contributed by atoms with Crippen LogP contribution in [0, 0.1) is 16.7 Å². The Balaban J connectivity index is 2.01. The molecular weight excluding hydrogens is 386 g/mol. The number of aliphatic hydroxyl groups excluding tert-OH is 2. The van der Waals surface area contributed by atoms with Crippen molar-refractivity contribution < 1.29 is 15.0 Å². The molecule has 1 saturated carbocycles. The number of anilines is 1. The second kappa shape index (κ2) is 8.74. The van der Waals surface area contributed by atoms with E-state index in [1.54, 1.807) is 17.4 Å². The molecule has 0 unspecified atom stereocenters. The van der Waals surface area contributed by atoms with Gasteiger partial charge in [0.1, 0.15) is 0 Å². The van der Waals surface area contributed by atoms with Gasteiger partial charge < -0.3 is 20.8 Å². The molecule has 0 radical (unpaired) electrons. The Hall–Kier alpha value is -1.44. The maximum absolute atomic E-state index is 12.7. The number of carbonyl (C=O) groups is 1. The topological polar surface area (TPSA) is 94.5 Å². The summed E-state index contributed by atoms with van der Waals surface area (Å²) in [6.07, 6.45) is 4.81. The Morgan fingerprint density at radius 1 is 1.45 bits per heavy atom. The van der Waals surface area contributed by atoms with Crippen LogP contribution < -0.4 is 10.6 Å². The average Bonchev–Trinajstić information content (AvgIpc) is 3.12. The third kappa shape index (κ3) is 3.97. The fourth-order valence-corrected chi connectivity index (χ4v) is 6.48. The zero-order valence-electron chi connectivity index (χ0n) is 17.8. The summed E-state index contributed by atoms with van der Waals surface area (Å²) < 4.78 is 0. The van der Waals surface area contributed by atoms with Gasteiger partial charge in [-0.3, -0.25) is 4.79 Å². The number of carbonyl (C=O) groups excluding carboxylic acids is 1. The standard InChI is InChI=1S/C22H35N3O3S/c1-5-9-23-18(28)11-14-19-15(29-20(25-19)24-10-6-2)12-16-21(14,3)8-7-17(27)22(16,4)13-26/h6,14,16-17,26-27H,2,5,7-13H2,1,3-4H3,(H,23,28)(H,24,25)/t14-,16+,17+,21-,22-/m0/s1. The van der Waals surface area contributed by atoms with E-state index in [9.17, 15) is 15.0 Å². The van der Waals surface area contributed by atoms with Crippen molar-refractivity contribution in [2.75, 3.05) is 25.0 Å². The van der Waals surface area contributed by atoms with E-state index in [-0.39, 0.29) is 29.8 Å². The smallest absolute Gasteiger partial charge is 0.220 e. The van der Waals surface area contributed by atoms with Crippen LogP contribution in [0.2, 0.25) is 0 Å². The van der Waals surface area contributed by atoms with Crippen molar-refractivity contribution in [1.82, 2.24) is 10.3 Å². The summed E-state index contributed by atoms with van der Waals surface area (Å²) in [5.41, 5.74) is 0.238. The molecule has 2 aliphatic rings.